The standard InChI is InChI=1S/C10H13Cl2NO2S/c11-6-3-5(4-7(12)9(6)13)10(15)8(14)1-2-16/h3-4,8,10,14-16H,1-2,13H2. The van der Waals surface area contributed by atoms with Gasteiger partial charge in [-0.05, 0) is 29.9 Å². The van der Waals surface area contributed by atoms with Gasteiger partial charge in [-0.3, -0.25) is 0 Å². The van der Waals surface area contributed by atoms with Crippen molar-refractivity contribution in [2.24, 2.45) is 0 Å². The van der Waals surface area contributed by atoms with Gasteiger partial charge in [0.15, 0.2) is 0 Å². The molecule has 2 unspecified atom stereocenters. The lowest BCUT2D eigenvalue weighted by molar-refractivity contribution is 0.0172. The number of aliphatic hydroxyl groups is 2. The van der Waals surface area contributed by atoms with Crippen molar-refractivity contribution in [1.29, 1.82) is 0 Å². The molecule has 90 valence electrons. The fourth-order valence-corrected chi connectivity index (χ4v) is 2.06. The third kappa shape index (κ3) is 3.18. The van der Waals surface area contributed by atoms with E-state index >= 15 is 0 Å². The summed E-state index contributed by atoms with van der Waals surface area (Å²) in [5, 5.41) is 20.0. The third-order valence-corrected chi connectivity index (χ3v) is 3.12. The average molecular weight is 282 g/mol. The number of hydrogen-bond donors (Lipinski definition) is 4. The Bertz CT molecular complexity index is 353. The smallest absolute Gasteiger partial charge is 0.105 e. The summed E-state index contributed by atoms with van der Waals surface area (Å²) in [5.41, 5.74) is 6.28. The maximum Gasteiger partial charge on any atom is 0.105 e. The van der Waals surface area contributed by atoms with Crippen LogP contribution in [0.4, 0.5) is 5.69 Å². The molecule has 2 atom stereocenters. The molecule has 0 aromatic heterocycles. The first kappa shape index (κ1) is 13.9. The Labute approximate surface area is 110 Å². The first-order valence-electron chi connectivity index (χ1n) is 4.68. The van der Waals surface area contributed by atoms with Crippen LogP contribution >= 0.6 is 35.8 Å². The van der Waals surface area contributed by atoms with Crippen LogP contribution in [0.1, 0.15) is 18.1 Å². The van der Waals surface area contributed by atoms with Gasteiger partial charge in [-0.15, -0.1) is 0 Å². The summed E-state index contributed by atoms with van der Waals surface area (Å²) >= 11 is 15.6. The van der Waals surface area contributed by atoms with Crippen molar-refractivity contribution in [3.05, 3.63) is 27.7 Å². The summed E-state index contributed by atoms with van der Waals surface area (Å²) in [5.74, 6) is 0.481. The molecule has 0 aliphatic rings. The molecule has 1 rings (SSSR count). The summed E-state index contributed by atoms with van der Waals surface area (Å²) in [6.07, 6.45) is -1.56. The Hall–Kier alpha value is -0.130. The first-order chi connectivity index (χ1) is 7.47. The number of anilines is 1. The quantitative estimate of drug-likeness (QED) is 0.506. The molecular weight excluding hydrogens is 269 g/mol. The van der Waals surface area contributed by atoms with Crippen LogP contribution in [0, 0.1) is 0 Å². The average Bonchev–Trinajstić information content (AvgIpc) is 2.24. The topological polar surface area (TPSA) is 66.5 Å². The second kappa shape index (κ2) is 5.98. The minimum atomic E-state index is -1.04. The van der Waals surface area contributed by atoms with Crippen LogP contribution < -0.4 is 5.73 Å². The van der Waals surface area contributed by atoms with Crippen LogP contribution in [-0.4, -0.2) is 22.1 Å². The molecule has 0 bridgehead atoms. The molecule has 3 nitrogen and oxygen atoms in total. The monoisotopic (exact) mass is 281 g/mol. The molecule has 0 aliphatic carbocycles. The molecule has 1 aromatic carbocycles. The van der Waals surface area contributed by atoms with Gasteiger partial charge in [0, 0.05) is 0 Å². The Morgan fingerprint density at radius 2 is 1.75 bits per heavy atom. The zero-order valence-electron chi connectivity index (χ0n) is 8.40. The summed E-state index contributed by atoms with van der Waals surface area (Å²) < 4.78 is 0. The zero-order valence-corrected chi connectivity index (χ0v) is 10.8. The first-order valence-corrected chi connectivity index (χ1v) is 6.07. The fourth-order valence-electron chi connectivity index (χ4n) is 1.29. The van der Waals surface area contributed by atoms with Crippen LogP contribution in [-0.2, 0) is 0 Å². The van der Waals surface area contributed by atoms with Gasteiger partial charge in [-0.25, -0.2) is 0 Å². The maximum absolute atomic E-state index is 9.82. The fraction of sp³-hybridized carbons (Fsp3) is 0.400. The van der Waals surface area contributed by atoms with Crippen molar-refractivity contribution in [2.75, 3.05) is 11.5 Å². The Morgan fingerprint density at radius 3 is 2.19 bits per heavy atom. The highest BCUT2D eigenvalue weighted by molar-refractivity contribution is 7.80. The van der Waals surface area contributed by atoms with Crippen LogP contribution in [0.15, 0.2) is 12.1 Å². The van der Waals surface area contributed by atoms with Gasteiger partial charge in [0.1, 0.15) is 6.10 Å². The molecule has 0 saturated heterocycles. The molecule has 0 fully saturated rings. The molecule has 0 heterocycles. The molecule has 0 amide bonds. The molecule has 16 heavy (non-hydrogen) atoms. The summed E-state index contributed by atoms with van der Waals surface area (Å²) in [4.78, 5) is 0. The summed E-state index contributed by atoms with van der Waals surface area (Å²) in [7, 11) is 0. The van der Waals surface area contributed by atoms with Crippen LogP contribution in [0.3, 0.4) is 0 Å². The number of halogens is 2. The normalized spacial score (nSPS) is 14.8. The third-order valence-electron chi connectivity index (χ3n) is 2.23. The molecule has 0 radical (unpaired) electrons. The van der Waals surface area contributed by atoms with Crippen LogP contribution in [0.2, 0.25) is 10.0 Å². The lowest BCUT2D eigenvalue weighted by Crippen LogP contribution is -2.18. The zero-order chi connectivity index (χ0) is 12.3. The number of nitrogens with two attached hydrogens (primary N) is 1. The highest BCUT2D eigenvalue weighted by Crippen LogP contribution is 2.32. The van der Waals surface area contributed by atoms with Crippen molar-refractivity contribution < 1.29 is 10.2 Å². The van der Waals surface area contributed by atoms with Gasteiger partial charge in [-0.1, -0.05) is 23.2 Å². The van der Waals surface area contributed by atoms with E-state index in [0.717, 1.165) is 0 Å². The van der Waals surface area contributed by atoms with E-state index in [9.17, 15) is 10.2 Å². The van der Waals surface area contributed by atoms with E-state index < -0.39 is 12.2 Å². The van der Waals surface area contributed by atoms with Crippen molar-refractivity contribution in [3.63, 3.8) is 0 Å². The van der Waals surface area contributed by atoms with Crippen LogP contribution in [0.5, 0.6) is 0 Å². The molecule has 6 heteroatoms. The van der Waals surface area contributed by atoms with E-state index in [1.54, 1.807) is 0 Å². The Balaban J connectivity index is 2.96. The Morgan fingerprint density at radius 1 is 1.25 bits per heavy atom. The van der Waals surface area contributed by atoms with Gasteiger partial charge in [-0.2, -0.15) is 12.6 Å². The number of nitrogen functional groups attached to an aromatic ring is 1. The van der Waals surface area contributed by atoms with E-state index in [-0.39, 0.29) is 15.7 Å². The Kier molecular flexibility index (Phi) is 5.21. The molecular formula is C10H13Cl2NO2S. The molecule has 1 aromatic rings. The van der Waals surface area contributed by atoms with Gasteiger partial charge >= 0.3 is 0 Å². The lowest BCUT2D eigenvalue weighted by Gasteiger charge is -2.18. The largest absolute Gasteiger partial charge is 0.396 e. The second-order valence-corrected chi connectivity index (χ2v) is 4.68. The van der Waals surface area contributed by atoms with E-state index in [1.807, 2.05) is 0 Å². The second-order valence-electron chi connectivity index (χ2n) is 3.42. The number of hydrogen-bond acceptors (Lipinski definition) is 4. The van der Waals surface area contributed by atoms with Gasteiger partial charge < -0.3 is 15.9 Å². The predicted molar refractivity (Wildman–Crippen MR) is 70.3 cm³/mol. The number of aliphatic hydroxyl groups excluding tert-OH is 2. The molecule has 4 N–H and O–H groups in total. The number of benzene rings is 1. The SMILES string of the molecule is Nc1c(Cl)cc(C(O)C(O)CCS)cc1Cl. The highest BCUT2D eigenvalue weighted by Gasteiger charge is 2.19. The maximum atomic E-state index is 9.82. The lowest BCUT2D eigenvalue weighted by atomic mass is 10.0. The summed E-state index contributed by atoms with van der Waals surface area (Å²) in [6, 6.07) is 2.99. The summed E-state index contributed by atoms with van der Waals surface area (Å²) in [6.45, 7) is 0. The van der Waals surface area contributed by atoms with E-state index in [2.05, 4.69) is 12.6 Å². The van der Waals surface area contributed by atoms with Crippen molar-refractivity contribution in [3.8, 4) is 0 Å². The minimum absolute atomic E-state index is 0.264. The highest BCUT2D eigenvalue weighted by atomic mass is 35.5. The molecule has 0 spiro atoms. The van der Waals surface area contributed by atoms with Crippen molar-refractivity contribution >= 4 is 41.5 Å². The van der Waals surface area contributed by atoms with E-state index in [0.29, 0.717) is 17.7 Å². The van der Waals surface area contributed by atoms with Gasteiger partial charge in [0.2, 0.25) is 0 Å². The van der Waals surface area contributed by atoms with Crippen molar-refractivity contribution in [1.82, 2.24) is 0 Å². The van der Waals surface area contributed by atoms with Crippen molar-refractivity contribution in [2.45, 2.75) is 18.6 Å². The predicted octanol–water partition coefficient (Wildman–Crippen LogP) is 2.29. The van der Waals surface area contributed by atoms with E-state index in [1.165, 1.54) is 12.1 Å². The molecule has 0 saturated carbocycles. The number of rotatable bonds is 4. The molecule has 0 aliphatic heterocycles. The van der Waals surface area contributed by atoms with E-state index in [4.69, 9.17) is 28.9 Å². The van der Waals surface area contributed by atoms with Crippen LogP contribution in [0.25, 0.3) is 0 Å². The number of thiol groups is 1. The van der Waals surface area contributed by atoms with Gasteiger partial charge in [0.25, 0.3) is 0 Å². The van der Waals surface area contributed by atoms with Gasteiger partial charge in [0.05, 0.1) is 21.8 Å². The minimum Gasteiger partial charge on any atom is -0.396 e.